The minimum absolute atomic E-state index is 0.199. The van der Waals surface area contributed by atoms with Crippen LogP contribution in [-0.2, 0) is 12.8 Å². The molecular weight excluding hydrogens is 304 g/mol. The fourth-order valence-corrected chi connectivity index (χ4v) is 3.22. The summed E-state index contributed by atoms with van der Waals surface area (Å²) in [7, 11) is 1.61. The smallest absolute Gasteiger partial charge is 0.230 e. The lowest BCUT2D eigenvalue weighted by molar-refractivity contribution is -0.704. The molecule has 0 saturated heterocycles. The van der Waals surface area contributed by atoms with E-state index in [0.29, 0.717) is 6.54 Å². The molecule has 0 saturated carbocycles. The number of aryl methyl sites for hydroxylation is 2. The third-order valence-electron chi connectivity index (χ3n) is 4.46. The highest BCUT2D eigenvalue weighted by molar-refractivity contribution is 5.71. The molecule has 0 bridgehead atoms. The number of para-hydroxylation sites is 2. The molecule has 2 aromatic rings. The van der Waals surface area contributed by atoms with Crippen LogP contribution in [0, 0.1) is 5.21 Å². The third kappa shape index (κ3) is 3.27. The van der Waals surface area contributed by atoms with Crippen LogP contribution in [0.3, 0.4) is 0 Å². The Kier molecular flexibility index (Phi) is 4.84. The Morgan fingerprint density at radius 3 is 2.17 bits per heavy atom. The molecule has 0 aliphatic carbocycles. The molecule has 0 fully saturated rings. The maximum Gasteiger partial charge on any atom is 0.230 e. The molecule has 0 amide bonds. The van der Waals surface area contributed by atoms with Crippen LogP contribution in [0.4, 0.5) is 11.4 Å². The first-order chi connectivity index (χ1) is 11.7. The van der Waals surface area contributed by atoms with Crippen molar-refractivity contribution >= 4 is 11.4 Å². The summed E-state index contributed by atoms with van der Waals surface area (Å²) >= 11 is 0. The summed E-state index contributed by atoms with van der Waals surface area (Å²) in [4.78, 5) is 2.53. The Morgan fingerprint density at radius 1 is 1.08 bits per heavy atom. The Morgan fingerprint density at radius 2 is 1.62 bits per heavy atom. The summed E-state index contributed by atoms with van der Waals surface area (Å²) in [5, 5.41) is 23.8. The van der Waals surface area contributed by atoms with E-state index in [1.807, 2.05) is 0 Å². The van der Waals surface area contributed by atoms with Gasteiger partial charge >= 0.3 is 0 Å². The Balaban J connectivity index is 1.83. The van der Waals surface area contributed by atoms with Crippen LogP contribution in [0.1, 0.15) is 17.5 Å². The zero-order valence-electron chi connectivity index (χ0n) is 13.8. The van der Waals surface area contributed by atoms with Crippen LogP contribution in [0.5, 0.6) is 0 Å². The predicted octanol–water partition coefficient (Wildman–Crippen LogP) is 3.51. The number of rotatable bonds is 5. The first-order valence-corrected chi connectivity index (χ1v) is 8.17. The molecular formula is C18H22N4O2. The fraction of sp³-hybridized carbons (Fsp3) is 0.333. The van der Waals surface area contributed by atoms with Crippen LogP contribution in [0.2, 0.25) is 0 Å². The van der Waals surface area contributed by atoms with E-state index < -0.39 is 0 Å². The van der Waals surface area contributed by atoms with Gasteiger partial charge in [0.2, 0.25) is 5.28 Å². The molecule has 0 radical (unpaired) electrons. The van der Waals surface area contributed by atoms with E-state index in [1.54, 1.807) is 7.05 Å². The lowest BCUT2D eigenvalue weighted by atomic mass is 10.0. The molecule has 0 unspecified atom stereocenters. The van der Waals surface area contributed by atoms with E-state index in [0.717, 1.165) is 25.8 Å². The standard InChI is InChI=1S/C18H22N4O2/c1-20(22(24)19-23)13-6-14-21-17-9-4-2-7-15(17)11-12-16-8-3-5-10-18(16)21/h2-5,7-10,23H,6,11-14H2,1H3/b22-19-. The largest absolute Gasteiger partial charge is 0.569 e. The van der Waals surface area contributed by atoms with Crippen LogP contribution < -0.4 is 4.90 Å². The molecule has 1 aliphatic heterocycles. The van der Waals surface area contributed by atoms with E-state index >= 15 is 0 Å². The van der Waals surface area contributed by atoms with Crippen molar-refractivity contribution in [1.82, 2.24) is 5.01 Å². The first-order valence-electron chi connectivity index (χ1n) is 8.17. The quantitative estimate of drug-likeness (QED) is 0.519. The molecule has 6 nitrogen and oxygen atoms in total. The second-order valence-corrected chi connectivity index (χ2v) is 5.99. The van der Waals surface area contributed by atoms with Crippen molar-refractivity contribution in [1.29, 1.82) is 0 Å². The Bertz CT molecular complexity index is 685. The van der Waals surface area contributed by atoms with Gasteiger partial charge in [0.25, 0.3) is 0 Å². The van der Waals surface area contributed by atoms with Crippen molar-refractivity contribution < 1.29 is 10.2 Å². The zero-order chi connectivity index (χ0) is 16.9. The minimum atomic E-state index is 0.199. The first kappa shape index (κ1) is 16.1. The molecule has 0 aromatic heterocycles. The van der Waals surface area contributed by atoms with E-state index in [4.69, 9.17) is 5.21 Å². The number of nitrogens with zero attached hydrogens (tertiary/aromatic N) is 4. The SMILES string of the molecule is CN(CCCN1c2ccccc2CCc2ccccc21)/[N+]([O-])=N/O. The van der Waals surface area contributed by atoms with Crippen LogP contribution >= 0.6 is 0 Å². The lowest BCUT2D eigenvalue weighted by Crippen LogP contribution is -2.30. The van der Waals surface area contributed by atoms with Gasteiger partial charge in [-0.1, -0.05) is 36.4 Å². The summed E-state index contributed by atoms with van der Waals surface area (Å²) in [5.74, 6) is 0. The number of hydrogen-bond donors (Lipinski definition) is 1. The van der Waals surface area contributed by atoms with E-state index in [1.165, 1.54) is 27.5 Å². The molecule has 1 N–H and O–H groups in total. The molecule has 3 rings (SSSR count). The molecule has 1 aliphatic rings. The number of hydrogen-bond acceptors (Lipinski definition) is 3. The van der Waals surface area contributed by atoms with Gasteiger partial charge in [0.15, 0.2) is 0 Å². The molecule has 126 valence electrons. The lowest BCUT2D eigenvalue weighted by Gasteiger charge is -2.27. The molecule has 2 aromatic carbocycles. The van der Waals surface area contributed by atoms with Crippen molar-refractivity contribution in [3.63, 3.8) is 0 Å². The van der Waals surface area contributed by atoms with Crippen molar-refractivity contribution in [2.24, 2.45) is 5.28 Å². The highest BCUT2D eigenvalue weighted by Crippen LogP contribution is 2.35. The molecule has 0 atom stereocenters. The summed E-state index contributed by atoms with van der Waals surface area (Å²) in [6.45, 7) is 1.30. The number of benzene rings is 2. The highest BCUT2D eigenvalue weighted by Gasteiger charge is 2.20. The van der Waals surface area contributed by atoms with Gasteiger partial charge in [-0.05, 0) is 42.5 Å². The maximum absolute atomic E-state index is 11.3. The topological polar surface area (TPSA) is 65.1 Å². The average molecular weight is 326 g/mol. The van der Waals surface area contributed by atoms with Crippen LogP contribution in [-0.4, -0.2) is 35.3 Å². The normalized spacial score (nSPS) is 13.9. The van der Waals surface area contributed by atoms with Gasteiger partial charge in [-0.15, -0.1) is 5.01 Å². The van der Waals surface area contributed by atoms with Gasteiger partial charge in [-0.25, -0.2) is 0 Å². The van der Waals surface area contributed by atoms with Gasteiger partial charge in [-0.2, -0.15) is 0 Å². The van der Waals surface area contributed by atoms with Crippen molar-refractivity contribution in [3.05, 3.63) is 64.9 Å². The average Bonchev–Trinajstić information content (AvgIpc) is 2.78. The van der Waals surface area contributed by atoms with E-state index in [9.17, 15) is 5.21 Å². The summed E-state index contributed by atoms with van der Waals surface area (Å²) in [5.41, 5.74) is 5.16. The summed E-state index contributed by atoms with van der Waals surface area (Å²) < 4.78 is 0. The number of fused-ring (bicyclic) bond motifs is 2. The zero-order valence-corrected chi connectivity index (χ0v) is 13.8. The van der Waals surface area contributed by atoms with E-state index in [-0.39, 0.29) is 4.97 Å². The van der Waals surface area contributed by atoms with Gasteiger partial charge in [0, 0.05) is 17.9 Å². The third-order valence-corrected chi connectivity index (χ3v) is 4.46. The van der Waals surface area contributed by atoms with Gasteiger partial charge in [0.1, 0.15) is 0 Å². The van der Waals surface area contributed by atoms with Crippen molar-refractivity contribution in [3.8, 4) is 0 Å². The second kappa shape index (κ2) is 7.21. The Hall–Kier alpha value is -2.76. The second-order valence-electron chi connectivity index (χ2n) is 5.99. The number of hydrazine groups is 1. The molecule has 1 heterocycles. The van der Waals surface area contributed by atoms with Crippen LogP contribution in [0.25, 0.3) is 0 Å². The van der Waals surface area contributed by atoms with Crippen molar-refractivity contribution in [2.75, 3.05) is 25.0 Å². The monoisotopic (exact) mass is 326 g/mol. The summed E-state index contributed by atoms with van der Waals surface area (Å²) in [6, 6.07) is 17.0. The van der Waals surface area contributed by atoms with Crippen molar-refractivity contribution in [2.45, 2.75) is 19.3 Å². The summed E-state index contributed by atoms with van der Waals surface area (Å²) in [6.07, 6.45) is 2.83. The van der Waals surface area contributed by atoms with Gasteiger partial charge in [0.05, 0.1) is 18.6 Å². The number of anilines is 2. The molecule has 6 heteroatoms. The molecule has 24 heavy (non-hydrogen) atoms. The van der Waals surface area contributed by atoms with E-state index in [2.05, 4.69) is 58.7 Å². The minimum Gasteiger partial charge on any atom is -0.569 e. The van der Waals surface area contributed by atoms with Gasteiger partial charge < -0.3 is 15.3 Å². The Labute approximate surface area is 141 Å². The van der Waals surface area contributed by atoms with Crippen LogP contribution in [0.15, 0.2) is 53.8 Å². The molecule has 0 spiro atoms. The predicted molar refractivity (Wildman–Crippen MR) is 92.4 cm³/mol. The maximum atomic E-state index is 11.3. The highest BCUT2D eigenvalue weighted by atomic mass is 16.6. The van der Waals surface area contributed by atoms with Gasteiger partial charge in [-0.3, -0.25) is 0 Å². The fourth-order valence-electron chi connectivity index (χ4n) is 3.22.